The quantitative estimate of drug-likeness (QED) is 0.0252. The molecule has 0 aromatic carbocycles. The molecule has 12 rings (SSSR count). The summed E-state index contributed by atoms with van der Waals surface area (Å²) in [6, 6.07) is 0. The topological polar surface area (TPSA) is 247 Å². The normalized spacial score (nSPS) is 38.6. The summed E-state index contributed by atoms with van der Waals surface area (Å²) in [5.41, 5.74) is 4.51. The first-order valence-corrected chi connectivity index (χ1v) is 57.3. The van der Waals surface area contributed by atoms with E-state index in [1.807, 2.05) is 18.2 Å². The van der Waals surface area contributed by atoms with Crippen molar-refractivity contribution in [1.82, 2.24) is 0 Å². The summed E-state index contributed by atoms with van der Waals surface area (Å²) in [4.78, 5) is 42.9. The first-order valence-electron chi connectivity index (χ1n) is 48.6. The Bertz CT molecular complexity index is 3670. The molecule has 0 aromatic rings. The van der Waals surface area contributed by atoms with Gasteiger partial charge in [0.15, 0.2) is 36.5 Å². The van der Waals surface area contributed by atoms with Crippen molar-refractivity contribution < 1.29 is 99.5 Å². The molecule has 12 fully saturated rings. The van der Waals surface area contributed by atoms with Crippen molar-refractivity contribution in [3.63, 3.8) is 0 Å². The number of aliphatic hydroxyl groups excluding tert-OH is 2. The smallest absolute Gasteiger partial charge is 0.373 e. The molecule has 0 aromatic heterocycles. The minimum Gasteiger partial charge on any atom is -0.469 e. The van der Waals surface area contributed by atoms with Crippen LogP contribution in [-0.4, -0.2) is 220 Å². The maximum atomic E-state index is 13.9. The molecule has 0 amide bonds. The maximum absolute atomic E-state index is 13.9. The number of methoxy groups -OCH3 is 1. The fourth-order valence-electron chi connectivity index (χ4n) is 21.1. The second kappa shape index (κ2) is 44.9. The molecule has 0 saturated carbocycles. The van der Waals surface area contributed by atoms with Crippen LogP contribution in [0, 0.1) is 59.2 Å². The average Bonchev–Trinajstić information content (AvgIpc) is 1.55. The van der Waals surface area contributed by atoms with Crippen molar-refractivity contribution in [3.05, 3.63) is 86.1 Å². The van der Waals surface area contributed by atoms with Crippen LogP contribution in [0.2, 0.25) is 54.4 Å². The molecule has 6 bridgehead atoms. The molecule has 718 valence electrons. The number of aliphatic hydroxyl groups is 2. The Morgan fingerprint density at radius 1 is 0.571 bits per heavy atom. The standard InChI is InChI=1S/C61H110O10Si3.C40H62O9.CO2/c1-25-26-51-43(6)44(7)57(71-74(23,24)61(15,16)17)58(69-51)52(70-73(21,22)60(12,13)14)31-28-46(62)27-29-47-35-41(4)50(66-47)32-30-48-34-40(3)42(5)54(67-48)37-55-49(36-56(63)64-18)45(8)53(68-55)33-39(2)38-65-72(19,20)59(9,10)11;1-8-10-31-25(7)36-38-39(46-31)37-35(47-38)19-40(48-36,49-37)14-13-28-16-22(4)30(43-28)12-11-27-15-21(3)23(5)33(44-27)18-34-29(9-2)24(6)32(45-34)17-26(42)20-41;2-1-3/h25,28,31,39-40,43-45,47-55,57-58H,1,4-5,26-27,29-30,32-38H2,2-3,6-24H3;8,21,24-39,41-42H,1,4-5,9-20H2,2-3,6-7H3;/b31-28+;;/t39-,40+,43+,44-,45+,47-,48-,49+,50?,51-,52-,53+,54+,55?,57-,58-;21-,24-,25+,26+,27+,28+,29-,30?,31+,32-,33-,34?,35-,36?,37?,38+,39+,40-;/m01./s1. The Hall–Kier alpha value is -3.29. The molecule has 24 heteroatoms. The molecule has 12 heterocycles. The van der Waals surface area contributed by atoms with E-state index in [0.29, 0.717) is 62.4 Å². The van der Waals surface area contributed by atoms with Crippen LogP contribution in [0.25, 0.3) is 0 Å². The van der Waals surface area contributed by atoms with Gasteiger partial charge >= 0.3 is 12.1 Å². The third kappa shape index (κ3) is 26.2. The van der Waals surface area contributed by atoms with Gasteiger partial charge in [0.2, 0.25) is 0 Å². The molecule has 6 unspecified atom stereocenters. The van der Waals surface area contributed by atoms with Crippen molar-refractivity contribution in [2.24, 2.45) is 59.2 Å². The molecule has 12 aliphatic heterocycles. The summed E-state index contributed by atoms with van der Waals surface area (Å²) in [7, 11) is -4.96. The van der Waals surface area contributed by atoms with Gasteiger partial charge < -0.3 is 80.3 Å². The number of ketones is 1. The van der Waals surface area contributed by atoms with Crippen LogP contribution >= 0.6 is 0 Å². The summed E-state index contributed by atoms with van der Waals surface area (Å²) >= 11 is 0. The molecule has 0 radical (unpaired) electrons. The summed E-state index contributed by atoms with van der Waals surface area (Å²) < 4.78 is 100. The van der Waals surface area contributed by atoms with Crippen LogP contribution < -0.4 is 0 Å². The van der Waals surface area contributed by atoms with E-state index in [4.69, 9.17) is 79.7 Å². The van der Waals surface area contributed by atoms with E-state index in [1.54, 1.807) is 6.08 Å². The van der Waals surface area contributed by atoms with Crippen LogP contribution in [-0.2, 0) is 89.3 Å². The lowest BCUT2D eigenvalue weighted by molar-refractivity contribution is -0.262. The van der Waals surface area contributed by atoms with Crippen molar-refractivity contribution in [2.75, 3.05) is 20.3 Å². The first kappa shape index (κ1) is 106. The number of rotatable bonds is 38. The molecule has 21 nitrogen and oxygen atoms in total. The summed E-state index contributed by atoms with van der Waals surface area (Å²) in [6.45, 7) is 80.7. The van der Waals surface area contributed by atoms with Crippen LogP contribution in [0.4, 0.5) is 0 Å². The summed E-state index contributed by atoms with van der Waals surface area (Å²) in [6.07, 6.45) is 21.6. The third-order valence-electron chi connectivity index (χ3n) is 32.7. The minimum absolute atomic E-state index is 0.0145. The van der Waals surface area contributed by atoms with E-state index >= 15 is 0 Å². The predicted molar refractivity (Wildman–Crippen MR) is 502 cm³/mol. The zero-order valence-corrected chi connectivity index (χ0v) is 85.5. The van der Waals surface area contributed by atoms with E-state index in [1.165, 1.54) is 12.7 Å². The molecule has 126 heavy (non-hydrogen) atoms. The van der Waals surface area contributed by atoms with Gasteiger partial charge in [-0.05, 0) is 214 Å². The van der Waals surface area contributed by atoms with E-state index in [2.05, 4.69) is 203 Å². The highest BCUT2D eigenvalue weighted by Crippen LogP contribution is 2.56. The minimum atomic E-state index is -2.33. The maximum Gasteiger partial charge on any atom is 0.373 e. The van der Waals surface area contributed by atoms with E-state index < -0.39 is 42.9 Å². The number of hydrogen-bond acceptors (Lipinski definition) is 21. The SMILES string of the molecule is C=CC[C@@H]1O[C@@H]([C@H](/C=C/C(=O)CC[C@H]2CC(=C)C(CC[C@H]3C[C@@H](C)C(=C)[C@@H](CC4O[C@H](C[C@H](C)CO[Si](C)(C)C(C)(C)C)[C@H](C)[C@H]4CC(=O)OC)O3)O2)O[Si](C)(C)C(C)(C)C)[C@@H](O[Si](C)(C)C(C)(C)C)[C@@H](C)[C@H]1C.C=CC[C@@H]1O[C@H]2C3O[C@]4(CC[C@H]5CC(=C)C(CC[C@H]6C[C@@H](C)C(=C)[C@@H](CC7O[C@H](C[C@H](O)CO)[C@H](C)[C@H]7CC)O6)O5)C[C@H]3O[C@H]2C(O4)[C@H]1C.O=C=O. The van der Waals surface area contributed by atoms with Crippen molar-refractivity contribution in [1.29, 1.82) is 0 Å². The number of hydrogen-bond donors (Lipinski definition) is 2. The lowest BCUT2D eigenvalue weighted by Crippen LogP contribution is -2.60. The molecular weight excluding hydrogens is 1650 g/mol. The molecule has 34 atom stereocenters. The molecule has 2 N–H and O–H groups in total. The van der Waals surface area contributed by atoms with Gasteiger partial charge in [0, 0.05) is 57.0 Å². The van der Waals surface area contributed by atoms with Crippen LogP contribution in [0.3, 0.4) is 0 Å². The third-order valence-corrected chi connectivity index (χ3v) is 46.2. The fraction of sp³-hybridized carbons (Fsp3) is 0.833. The number of carbonyl (C=O) groups is 2. The van der Waals surface area contributed by atoms with Gasteiger partial charge in [0.05, 0.1) is 136 Å². The van der Waals surface area contributed by atoms with E-state index in [0.717, 1.165) is 119 Å². The molecular formula is C102H172O21Si3. The Balaban J connectivity index is 0.000000296. The molecule has 12 saturated heterocycles. The number of allylic oxidation sites excluding steroid dienone is 1. The van der Waals surface area contributed by atoms with Crippen LogP contribution in [0.1, 0.15) is 259 Å². The highest BCUT2D eigenvalue weighted by atomic mass is 28.4. The number of carbonyl (C=O) groups excluding carboxylic acids is 4. The van der Waals surface area contributed by atoms with Crippen molar-refractivity contribution in [2.45, 2.75) is 460 Å². The van der Waals surface area contributed by atoms with Gasteiger partial charge in [-0.25, -0.2) is 0 Å². The summed E-state index contributed by atoms with van der Waals surface area (Å²) in [5.74, 6) is 1.78. The highest BCUT2D eigenvalue weighted by Gasteiger charge is 2.68. The van der Waals surface area contributed by atoms with Gasteiger partial charge in [-0.1, -0.05) is 176 Å². The van der Waals surface area contributed by atoms with E-state index in [-0.39, 0.29) is 203 Å². The number of esters is 1. The Labute approximate surface area is 763 Å². The van der Waals surface area contributed by atoms with Gasteiger partial charge in [-0.3, -0.25) is 9.59 Å². The van der Waals surface area contributed by atoms with Crippen LogP contribution in [0.5, 0.6) is 0 Å². The monoisotopic (exact) mass is 1820 g/mol. The van der Waals surface area contributed by atoms with Crippen LogP contribution in [0.15, 0.2) is 86.1 Å². The molecule has 12 aliphatic rings. The Morgan fingerprint density at radius 2 is 1.06 bits per heavy atom. The van der Waals surface area contributed by atoms with Crippen molar-refractivity contribution >= 4 is 42.9 Å². The van der Waals surface area contributed by atoms with E-state index in [9.17, 15) is 19.8 Å². The largest absolute Gasteiger partial charge is 0.469 e. The lowest BCUT2D eigenvalue weighted by atomic mass is 9.79. The average molecular weight is 1820 g/mol. The fourth-order valence-corrected chi connectivity index (χ4v) is 24.8. The molecule has 0 aliphatic carbocycles. The Kier molecular flexibility index (Phi) is 37.9. The summed E-state index contributed by atoms with van der Waals surface area (Å²) in [5, 5.41) is 19.6. The number of ether oxygens (including phenoxy) is 12. The van der Waals surface area contributed by atoms with Gasteiger partial charge in [0.1, 0.15) is 24.4 Å². The second-order valence-electron chi connectivity index (χ2n) is 44.9. The van der Waals surface area contributed by atoms with Gasteiger partial charge in [0.25, 0.3) is 0 Å². The highest BCUT2D eigenvalue weighted by molar-refractivity contribution is 6.75. The first-order chi connectivity index (χ1) is 58.9. The van der Waals surface area contributed by atoms with Crippen molar-refractivity contribution in [3.8, 4) is 0 Å². The Morgan fingerprint density at radius 3 is 1.58 bits per heavy atom. The zero-order valence-electron chi connectivity index (χ0n) is 82.5. The zero-order chi connectivity index (χ0) is 93.4. The second-order valence-corrected chi connectivity index (χ2v) is 59.2. The lowest BCUT2D eigenvalue weighted by Gasteiger charge is -2.52. The molecule has 0 spiro atoms. The van der Waals surface area contributed by atoms with Gasteiger partial charge in [-0.2, -0.15) is 9.59 Å². The predicted octanol–water partition coefficient (Wildman–Crippen LogP) is 20.4. The van der Waals surface area contributed by atoms with Gasteiger partial charge in [-0.15, -0.1) is 13.2 Å².